The van der Waals surface area contributed by atoms with E-state index in [9.17, 15) is 9.18 Å². The number of amides is 1. The van der Waals surface area contributed by atoms with E-state index in [4.69, 9.17) is 4.74 Å². The lowest BCUT2D eigenvalue weighted by Gasteiger charge is -2.17. The molecule has 0 saturated heterocycles. The third-order valence-corrected chi connectivity index (χ3v) is 2.44. The van der Waals surface area contributed by atoms with Gasteiger partial charge in [0.2, 0.25) is 0 Å². The van der Waals surface area contributed by atoms with Crippen molar-refractivity contribution in [2.45, 2.75) is 0 Å². The lowest BCUT2D eigenvalue weighted by molar-refractivity contribution is 0.0796. The number of carbonyl (C=O) groups excluding carboxylic acids is 1. The first-order valence-electron chi connectivity index (χ1n) is 5.33. The van der Waals surface area contributed by atoms with Crippen molar-refractivity contribution in [3.63, 3.8) is 0 Å². The van der Waals surface area contributed by atoms with E-state index in [1.165, 1.54) is 24.1 Å². The van der Waals surface area contributed by atoms with E-state index in [1.54, 1.807) is 13.1 Å². The van der Waals surface area contributed by atoms with Gasteiger partial charge in [0.1, 0.15) is 0 Å². The van der Waals surface area contributed by atoms with E-state index in [-0.39, 0.29) is 11.7 Å². The Kier molecular flexibility index (Phi) is 4.90. The molecule has 0 bridgehead atoms. The number of hydrogen-bond acceptors (Lipinski definition) is 3. The van der Waals surface area contributed by atoms with Crippen LogP contribution in [0.1, 0.15) is 10.4 Å². The van der Waals surface area contributed by atoms with Crippen LogP contribution in [0.3, 0.4) is 0 Å². The third-order valence-electron chi connectivity index (χ3n) is 2.44. The van der Waals surface area contributed by atoms with Crippen molar-refractivity contribution in [1.29, 1.82) is 0 Å². The summed E-state index contributed by atoms with van der Waals surface area (Å²) in [7, 11) is 4.88. The fourth-order valence-corrected chi connectivity index (χ4v) is 1.40. The lowest BCUT2D eigenvalue weighted by atomic mass is 10.2. The molecule has 1 aromatic carbocycles. The summed E-state index contributed by atoms with van der Waals surface area (Å²) >= 11 is 0. The highest BCUT2D eigenvalue weighted by Crippen LogP contribution is 2.18. The van der Waals surface area contributed by atoms with Gasteiger partial charge >= 0.3 is 0 Å². The minimum absolute atomic E-state index is 0.138. The Morgan fingerprint density at radius 3 is 2.76 bits per heavy atom. The fraction of sp³-hybridized carbons (Fsp3) is 0.417. The van der Waals surface area contributed by atoms with Gasteiger partial charge in [0.05, 0.1) is 7.11 Å². The van der Waals surface area contributed by atoms with Gasteiger partial charge in [-0.2, -0.15) is 0 Å². The summed E-state index contributed by atoms with van der Waals surface area (Å²) in [5, 5.41) is 2.95. The maximum Gasteiger partial charge on any atom is 0.253 e. The monoisotopic (exact) mass is 240 g/mol. The Labute approximate surface area is 100 Å². The summed E-state index contributed by atoms with van der Waals surface area (Å²) in [5.41, 5.74) is 0.321. The minimum atomic E-state index is -0.527. The highest BCUT2D eigenvalue weighted by molar-refractivity contribution is 5.94. The molecule has 0 saturated carbocycles. The number of nitrogens with zero attached hydrogens (tertiary/aromatic N) is 1. The Bertz CT molecular complexity index is 396. The molecule has 0 fully saturated rings. The van der Waals surface area contributed by atoms with E-state index in [2.05, 4.69) is 5.32 Å². The molecule has 94 valence electrons. The molecule has 4 nitrogen and oxygen atoms in total. The third kappa shape index (κ3) is 3.42. The first-order chi connectivity index (χ1) is 8.10. The molecule has 0 spiro atoms. The zero-order chi connectivity index (χ0) is 12.8. The predicted molar refractivity (Wildman–Crippen MR) is 63.8 cm³/mol. The Morgan fingerprint density at radius 1 is 1.53 bits per heavy atom. The van der Waals surface area contributed by atoms with Crippen molar-refractivity contribution < 1.29 is 13.9 Å². The normalized spacial score (nSPS) is 10.1. The lowest BCUT2D eigenvalue weighted by Crippen LogP contribution is -2.32. The Balaban J connectivity index is 2.78. The number of ether oxygens (including phenoxy) is 1. The largest absolute Gasteiger partial charge is 0.494 e. The number of rotatable bonds is 5. The van der Waals surface area contributed by atoms with Gasteiger partial charge in [0.15, 0.2) is 11.6 Å². The average Bonchev–Trinajstić information content (AvgIpc) is 2.34. The Hall–Kier alpha value is -1.62. The van der Waals surface area contributed by atoms with Crippen LogP contribution in [0.25, 0.3) is 0 Å². The van der Waals surface area contributed by atoms with Gasteiger partial charge < -0.3 is 15.0 Å². The number of benzene rings is 1. The first kappa shape index (κ1) is 13.4. The van der Waals surface area contributed by atoms with Crippen LogP contribution in [-0.4, -0.2) is 45.1 Å². The number of nitrogens with one attached hydrogen (secondary N) is 1. The second-order valence-electron chi connectivity index (χ2n) is 3.68. The molecule has 0 aromatic heterocycles. The molecule has 0 aliphatic heterocycles. The van der Waals surface area contributed by atoms with Crippen LogP contribution in [0, 0.1) is 5.82 Å². The molecule has 1 amide bonds. The first-order valence-corrected chi connectivity index (χ1v) is 5.33. The van der Waals surface area contributed by atoms with E-state index >= 15 is 0 Å². The fourth-order valence-electron chi connectivity index (χ4n) is 1.40. The maximum absolute atomic E-state index is 13.4. The molecule has 0 heterocycles. The molecule has 0 aliphatic carbocycles. The molecule has 17 heavy (non-hydrogen) atoms. The highest BCUT2D eigenvalue weighted by Gasteiger charge is 2.13. The molecular formula is C12H17FN2O2. The van der Waals surface area contributed by atoms with Crippen LogP contribution < -0.4 is 10.1 Å². The van der Waals surface area contributed by atoms with Gasteiger partial charge in [-0.15, -0.1) is 0 Å². The quantitative estimate of drug-likeness (QED) is 0.838. The van der Waals surface area contributed by atoms with Crippen molar-refractivity contribution in [3.8, 4) is 5.75 Å². The van der Waals surface area contributed by atoms with E-state index in [1.807, 2.05) is 7.05 Å². The van der Waals surface area contributed by atoms with Crippen molar-refractivity contribution in [2.24, 2.45) is 0 Å². The van der Waals surface area contributed by atoms with Gasteiger partial charge in [0, 0.05) is 25.7 Å². The van der Waals surface area contributed by atoms with Crippen LogP contribution in [-0.2, 0) is 0 Å². The second kappa shape index (κ2) is 6.20. The van der Waals surface area contributed by atoms with Crippen molar-refractivity contribution in [3.05, 3.63) is 29.6 Å². The summed E-state index contributed by atoms with van der Waals surface area (Å²) in [6, 6.07) is 4.20. The maximum atomic E-state index is 13.4. The van der Waals surface area contributed by atoms with Crippen LogP contribution in [0.5, 0.6) is 5.75 Å². The number of halogens is 1. The molecule has 0 atom stereocenters. The molecule has 0 unspecified atom stereocenters. The number of carbonyl (C=O) groups is 1. The summed E-state index contributed by atoms with van der Waals surface area (Å²) in [6.07, 6.45) is 0. The highest BCUT2D eigenvalue weighted by atomic mass is 19.1. The molecule has 0 radical (unpaired) electrons. The molecule has 1 aromatic rings. The van der Waals surface area contributed by atoms with Crippen LogP contribution in [0.4, 0.5) is 4.39 Å². The van der Waals surface area contributed by atoms with Crippen molar-refractivity contribution in [2.75, 3.05) is 34.3 Å². The predicted octanol–water partition coefficient (Wildman–Crippen LogP) is 1.13. The SMILES string of the molecule is CNCCN(C)C(=O)c1ccc(OC)c(F)c1. The molecule has 5 heteroatoms. The smallest absolute Gasteiger partial charge is 0.253 e. The zero-order valence-corrected chi connectivity index (χ0v) is 10.3. The van der Waals surface area contributed by atoms with Crippen molar-refractivity contribution in [1.82, 2.24) is 10.2 Å². The summed E-state index contributed by atoms with van der Waals surface area (Å²) in [4.78, 5) is 13.4. The van der Waals surface area contributed by atoms with Gasteiger partial charge in [-0.05, 0) is 25.2 Å². The topological polar surface area (TPSA) is 41.6 Å². The van der Waals surface area contributed by atoms with E-state index in [0.717, 1.165) is 0 Å². The number of likely N-dealkylation sites (N-methyl/N-ethyl adjacent to an activating group) is 2. The van der Waals surface area contributed by atoms with Crippen molar-refractivity contribution >= 4 is 5.91 Å². The number of methoxy groups -OCH3 is 1. The zero-order valence-electron chi connectivity index (χ0n) is 10.3. The summed E-state index contributed by atoms with van der Waals surface area (Å²) in [5.74, 6) is -0.596. The minimum Gasteiger partial charge on any atom is -0.494 e. The van der Waals surface area contributed by atoms with Gasteiger partial charge in [-0.1, -0.05) is 0 Å². The Morgan fingerprint density at radius 2 is 2.24 bits per heavy atom. The number of hydrogen-bond donors (Lipinski definition) is 1. The molecule has 0 aliphatic rings. The van der Waals surface area contributed by atoms with Gasteiger partial charge in [-0.3, -0.25) is 4.79 Å². The second-order valence-corrected chi connectivity index (χ2v) is 3.68. The van der Waals surface area contributed by atoms with Crippen LogP contribution in [0.2, 0.25) is 0 Å². The molecule has 1 N–H and O–H groups in total. The average molecular weight is 240 g/mol. The van der Waals surface area contributed by atoms with E-state index < -0.39 is 5.82 Å². The molecular weight excluding hydrogens is 223 g/mol. The standard InChI is InChI=1S/C12H17FN2O2/c1-14-6-7-15(2)12(16)9-4-5-11(17-3)10(13)8-9/h4-5,8,14H,6-7H2,1-3H3. The molecule has 1 rings (SSSR count). The van der Waals surface area contributed by atoms with Crippen LogP contribution >= 0.6 is 0 Å². The van der Waals surface area contributed by atoms with Gasteiger partial charge in [0.25, 0.3) is 5.91 Å². The van der Waals surface area contributed by atoms with E-state index in [0.29, 0.717) is 18.7 Å². The summed E-state index contributed by atoms with van der Waals surface area (Å²) in [6.45, 7) is 1.27. The van der Waals surface area contributed by atoms with Gasteiger partial charge in [-0.25, -0.2) is 4.39 Å². The van der Waals surface area contributed by atoms with Crippen LogP contribution in [0.15, 0.2) is 18.2 Å². The summed E-state index contributed by atoms with van der Waals surface area (Å²) < 4.78 is 18.2.